The second kappa shape index (κ2) is 5.43. The Kier molecular flexibility index (Phi) is 4.50. The minimum Gasteiger partial charge on any atom is -0.363 e. The van der Waals surface area contributed by atoms with E-state index in [1.807, 2.05) is 0 Å². The van der Waals surface area contributed by atoms with Crippen LogP contribution in [0.5, 0.6) is 0 Å². The lowest BCUT2D eigenvalue weighted by Gasteiger charge is -2.33. The largest absolute Gasteiger partial charge is 0.363 e. The molecule has 3 heteroatoms. The smallest absolute Gasteiger partial charge is 0.168 e. The predicted octanol–water partition coefficient (Wildman–Crippen LogP) is 2.00. The Labute approximate surface area is 86.7 Å². The highest BCUT2D eigenvalue weighted by molar-refractivity contribution is 7.80. The normalized spacial score (nSPS) is 18.8. The molecule has 13 heavy (non-hydrogen) atoms. The van der Waals surface area contributed by atoms with Gasteiger partial charge >= 0.3 is 0 Å². The molecule has 0 saturated carbocycles. The number of rotatable bonds is 2. The van der Waals surface area contributed by atoms with Crippen LogP contribution in [0.25, 0.3) is 0 Å². The molecule has 1 rings (SSSR count). The second-order valence-electron chi connectivity index (χ2n) is 3.67. The van der Waals surface area contributed by atoms with Gasteiger partial charge in [-0.3, -0.25) is 0 Å². The van der Waals surface area contributed by atoms with Gasteiger partial charge in [0, 0.05) is 19.6 Å². The van der Waals surface area contributed by atoms with Gasteiger partial charge in [-0.15, -0.1) is 0 Å². The van der Waals surface area contributed by atoms with Crippen LogP contribution in [0.4, 0.5) is 0 Å². The summed E-state index contributed by atoms with van der Waals surface area (Å²) in [5.41, 5.74) is 0. The van der Waals surface area contributed by atoms with Crippen LogP contribution in [0, 0.1) is 5.92 Å². The third kappa shape index (κ3) is 3.14. The maximum absolute atomic E-state index is 5.26. The summed E-state index contributed by atoms with van der Waals surface area (Å²) in [4.78, 5) is 2.30. The number of nitrogens with zero attached hydrogens (tertiary/aromatic N) is 1. The van der Waals surface area contributed by atoms with Gasteiger partial charge in [-0.05, 0) is 37.9 Å². The Morgan fingerprint density at radius 2 is 2.00 bits per heavy atom. The van der Waals surface area contributed by atoms with Crippen LogP contribution in [0.3, 0.4) is 0 Å². The van der Waals surface area contributed by atoms with Gasteiger partial charge in [-0.2, -0.15) is 0 Å². The van der Waals surface area contributed by atoms with E-state index in [1.54, 1.807) is 0 Å². The van der Waals surface area contributed by atoms with Crippen molar-refractivity contribution in [2.45, 2.75) is 33.1 Å². The van der Waals surface area contributed by atoms with Gasteiger partial charge in [-0.1, -0.05) is 13.3 Å². The van der Waals surface area contributed by atoms with E-state index >= 15 is 0 Å². The molecular formula is C10H20N2S. The number of hydrogen-bond acceptors (Lipinski definition) is 1. The molecule has 2 nitrogen and oxygen atoms in total. The average molecular weight is 200 g/mol. The fourth-order valence-electron chi connectivity index (χ4n) is 1.81. The molecule has 1 aliphatic rings. The fourth-order valence-corrected chi connectivity index (χ4v) is 2.13. The van der Waals surface area contributed by atoms with E-state index < -0.39 is 0 Å². The quantitative estimate of drug-likeness (QED) is 0.686. The minimum atomic E-state index is 0.931. The second-order valence-corrected chi connectivity index (χ2v) is 4.06. The zero-order chi connectivity index (χ0) is 9.68. The molecule has 0 unspecified atom stereocenters. The molecule has 76 valence electrons. The molecule has 0 amide bonds. The molecule has 0 aromatic carbocycles. The summed E-state index contributed by atoms with van der Waals surface area (Å²) in [6, 6.07) is 0. The summed E-state index contributed by atoms with van der Waals surface area (Å²) in [5.74, 6) is 0.931. The van der Waals surface area contributed by atoms with E-state index in [4.69, 9.17) is 12.2 Å². The first kappa shape index (κ1) is 10.8. The van der Waals surface area contributed by atoms with Gasteiger partial charge in [0.2, 0.25) is 0 Å². The molecule has 0 bridgehead atoms. The third-order valence-electron chi connectivity index (χ3n) is 2.81. The number of hydrogen-bond donors (Lipinski definition) is 1. The van der Waals surface area contributed by atoms with Crippen molar-refractivity contribution in [1.82, 2.24) is 10.2 Å². The number of nitrogens with one attached hydrogen (secondary N) is 1. The van der Waals surface area contributed by atoms with E-state index in [0.717, 1.165) is 30.7 Å². The monoisotopic (exact) mass is 200 g/mol. The lowest BCUT2D eigenvalue weighted by Crippen LogP contribution is -2.44. The summed E-state index contributed by atoms with van der Waals surface area (Å²) in [7, 11) is 0. The van der Waals surface area contributed by atoms with Crippen LogP contribution >= 0.6 is 12.2 Å². The maximum atomic E-state index is 5.26. The topological polar surface area (TPSA) is 15.3 Å². The number of piperidine rings is 1. The molecule has 1 saturated heterocycles. The molecule has 0 aromatic rings. The third-order valence-corrected chi connectivity index (χ3v) is 3.21. The van der Waals surface area contributed by atoms with Crippen LogP contribution in [-0.2, 0) is 0 Å². The Morgan fingerprint density at radius 1 is 1.38 bits per heavy atom. The minimum absolute atomic E-state index is 0.931. The predicted molar refractivity (Wildman–Crippen MR) is 60.9 cm³/mol. The molecule has 1 aliphatic heterocycles. The molecule has 1 heterocycles. The molecule has 0 atom stereocenters. The Hall–Kier alpha value is -0.310. The zero-order valence-corrected chi connectivity index (χ0v) is 9.49. The van der Waals surface area contributed by atoms with Gasteiger partial charge in [0.05, 0.1) is 0 Å². The van der Waals surface area contributed by atoms with Crippen molar-refractivity contribution in [2.75, 3.05) is 19.6 Å². The average Bonchev–Trinajstić information content (AvgIpc) is 2.18. The first-order chi connectivity index (χ1) is 6.27. The van der Waals surface area contributed by atoms with Gasteiger partial charge in [0.15, 0.2) is 5.11 Å². The van der Waals surface area contributed by atoms with Crippen LogP contribution < -0.4 is 5.32 Å². The summed E-state index contributed by atoms with van der Waals surface area (Å²) in [6.07, 6.45) is 3.94. The maximum Gasteiger partial charge on any atom is 0.168 e. The van der Waals surface area contributed by atoms with Gasteiger partial charge in [-0.25, -0.2) is 0 Å². The van der Waals surface area contributed by atoms with E-state index in [-0.39, 0.29) is 0 Å². The van der Waals surface area contributed by atoms with Crippen LogP contribution in [0.1, 0.15) is 33.1 Å². The molecule has 0 spiro atoms. The molecule has 0 radical (unpaired) electrons. The summed E-state index contributed by atoms with van der Waals surface area (Å²) >= 11 is 5.26. The first-order valence-corrected chi connectivity index (χ1v) is 5.71. The Balaban J connectivity index is 2.28. The molecule has 1 fully saturated rings. The van der Waals surface area contributed by atoms with Crippen molar-refractivity contribution >= 4 is 17.3 Å². The standard InChI is InChI=1S/C10H20N2S/c1-3-9-5-7-12(8-6-9)10(13)11-4-2/h9H,3-8H2,1-2H3,(H,11,13). The summed E-state index contributed by atoms with van der Waals surface area (Å²) in [6.45, 7) is 7.59. The lowest BCUT2D eigenvalue weighted by molar-refractivity contribution is 0.259. The van der Waals surface area contributed by atoms with Gasteiger partial charge in [0.25, 0.3) is 0 Å². The van der Waals surface area contributed by atoms with E-state index in [0.29, 0.717) is 0 Å². The molecule has 0 aliphatic carbocycles. The Morgan fingerprint density at radius 3 is 2.46 bits per heavy atom. The Bertz CT molecular complexity index is 162. The van der Waals surface area contributed by atoms with Crippen molar-refractivity contribution in [3.8, 4) is 0 Å². The van der Waals surface area contributed by atoms with Crippen molar-refractivity contribution in [3.05, 3.63) is 0 Å². The van der Waals surface area contributed by atoms with E-state index in [2.05, 4.69) is 24.1 Å². The fraction of sp³-hybridized carbons (Fsp3) is 0.900. The molecular weight excluding hydrogens is 180 g/mol. The van der Waals surface area contributed by atoms with Crippen molar-refractivity contribution < 1.29 is 0 Å². The van der Waals surface area contributed by atoms with Gasteiger partial charge in [0.1, 0.15) is 0 Å². The SMILES string of the molecule is CCNC(=S)N1CCC(CC)CC1. The highest BCUT2D eigenvalue weighted by Gasteiger charge is 2.18. The van der Waals surface area contributed by atoms with Crippen molar-refractivity contribution in [2.24, 2.45) is 5.92 Å². The first-order valence-electron chi connectivity index (χ1n) is 5.30. The van der Waals surface area contributed by atoms with Crippen molar-refractivity contribution in [1.29, 1.82) is 0 Å². The number of thiocarbonyl (C=S) groups is 1. The van der Waals surface area contributed by atoms with E-state index in [9.17, 15) is 0 Å². The van der Waals surface area contributed by atoms with Crippen LogP contribution in [-0.4, -0.2) is 29.6 Å². The summed E-state index contributed by atoms with van der Waals surface area (Å²) in [5, 5.41) is 4.15. The number of likely N-dealkylation sites (tertiary alicyclic amines) is 1. The van der Waals surface area contributed by atoms with Crippen LogP contribution in [0.15, 0.2) is 0 Å². The molecule has 1 N–H and O–H groups in total. The van der Waals surface area contributed by atoms with Crippen molar-refractivity contribution in [3.63, 3.8) is 0 Å². The summed E-state index contributed by atoms with van der Waals surface area (Å²) < 4.78 is 0. The lowest BCUT2D eigenvalue weighted by atomic mass is 9.95. The van der Waals surface area contributed by atoms with Gasteiger partial charge < -0.3 is 10.2 Å². The molecule has 0 aromatic heterocycles. The van der Waals surface area contributed by atoms with Crippen LogP contribution in [0.2, 0.25) is 0 Å². The highest BCUT2D eigenvalue weighted by Crippen LogP contribution is 2.19. The zero-order valence-electron chi connectivity index (χ0n) is 8.68. The van der Waals surface area contributed by atoms with E-state index in [1.165, 1.54) is 19.3 Å². The highest BCUT2D eigenvalue weighted by atomic mass is 32.1.